The molecule has 2 aromatic carbocycles. The Kier molecular flexibility index (Phi) is 7.00. The van der Waals surface area contributed by atoms with Crippen molar-refractivity contribution in [1.82, 2.24) is 15.1 Å². The zero-order valence-corrected chi connectivity index (χ0v) is 20.7. The number of rotatable bonds is 6. The Morgan fingerprint density at radius 3 is 2.29 bits per heavy atom. The molecule has 1 atom stereocenters. The van der Waals surface area contributed by atoms with E-state index >= 15 is 0 Å². The lowest BCUT2D eigenvalue weighted by atomic mass is 9.96. The fourth-order valence-corrected chi connectivity index (χ4v) is 5.26. The molecule has 3 aliphatic heterocycles. The summed E-state index contributed by atoms with van der Waals surface area (Å²) in [5, 5.41) is 2.61. The maximum atomic E-state index is 13.2. The standard InChI is InChI=1S/C28H28F3N3O4/c1-17-5-10-22(25(35)32-17)34-26(36)21-3-2-4-23(24(21)27(34)37)38-16-19-8-6-18(7-9-19)15-33-13-11-20(12-14-33)28(29,30)31/h2-4,6-9,20,22H,1,5,10-16H2,(H,32,35). The zero-order valence-electron chi connectivity index (χ0n) is 20.7. The van der Waals surface area contributed by atoms with Gasteiger partial charge >= 0.3 is 6.18 Å². The van der Waals surface area contributed by atoms with Crippen LogP contribution >= 0.6 is 0 Å². The number of nitrogens with zero attached hydrogens (tertiary/aromatic N) is 2. The van der Waals surface area contributed by atoms with Gasteiger partial charge in [-0.3, -0.25) is 24.2 Å². The molecule has 0 radical (unpaired) electrons. The Labute approximate surface area is 218 Å². The minimum atomic E-state index is -4.12. The maximum Gasteiger partial charge on any atom is 0.391 e. The highest BCUT2D eigenvalue weighted by Gasteiger charge is 2.45. The van der Waals surface area contributed by atoms with Crippen molar-refractivity contribution < 1.29 is 32.3 Å². The van der Waals surface area contributed by atoms with Crippen LogP contribution in [0.5, 0.6) is 5.75 Å². The van der Waals surface area contributed by atoms with Crippen LogP contribution in [0.15, 0.2) is 54.7 Å². The van der Waals surface area contributed by atoms with Crippen molar-refractivity contribution in [3.63, 3.8) is 0 Å². The molecule has 0 saturated carbocycles. The van der Waals surface area contributed by atoms with E-state index in [4.69, 9.17) is 4.74 Å². The number of fused-ring (bicyclic) bond motifs is 1. The molecule has 5 rings (SSSR count). The Hall–Kier alpha value is -3.66. The smallest absolute Gasteiger partial charge is 0.391 e. The second-order valence-corrected chi connectivity index (χ2v) is 10.0. The molecule has 3 amide bonds. The van der Waals surface area contributed by atoms with Crippen LogP contribution in [0.3, 0.4) is 0 Å². The lowest BCUT2D eigenvalue weighted by Gasteiger charge is -2.32. The van der Waals surface area contributed by atoms with E-state index in [1.165, 1.54) is 0 Å². The van der Waals surface area contributed by atoms with E-state index in [0.29, 0.717) is 38.2 Å². The molecule has 0 bridgehead atoms. The number of hydrogen-bond donors (Lipinski definition) is 1. The van der Waals surface area contributed by atoms with Gasteiger partial charge in [-0.2, -0.15) is 13.2 Å². The number of piperidine rings is 2. The van der Waals surface area contributed by atoms with Crippen LogP contribution in [0.1, 0.15) is 57.5 Å². The first kappa shape index (κ1) is 26.0. The molecule has 2 fully saturated rings. The molecule has 10 heteroatoms. The number of nitrogens with one attached hydrogen (secondary N) is 1. The molecule has 2 aromatic rings. The van der Waals surface area contributed by atoms with Crippen LogP contribution < -0.4 is 10.1 Å². The lowest BCUT2D eigenvalue weighted by Crippen LogP contribution is -2.51. The van der Waals surface area contributed by atoms with E-state index in [2.05, 4.69) is 11.9 Å². The third kappa shape index (κ3) is 5.18. The first-order chi connectivity index (χ1) is 18.1. The highest BCUT2D eigenvalue weighted by Crippen LogP contribution is 2.35. The van der Waals surface area contributed by atoms with E-state index in [9.17, 15) is 27.6 Å². The Balaban J connectivity index is 1.21. The van der Waals surface area contributed by atoms with E-state index in [1.807, 2.05) is 29.2 Å². The summed E-state index contributed by atoms with van der Waals surface area (Å²) in [7, 11) is 0. The van der Waals surface area contributed by atoms with Gasteiger partial charge < -0.3 is 10.1 Å². The van der Waals surface area contributed by atoms with Crippen molar-refractivity contribution in [1.29, 1.82) is 0 Å². The Bertz CT molecular complexity index is 1270. The van der Waals surface area contributed by atoms with E-state index in [1.54, 1.807) is 18.2 Å². The molecule has 0 aliphatic carbocycles. The molecule has 38 heavy (non-hydrogen) atoms. The number of allylic oxidation sites excluding steroid dienone is 1. The number of amides is 3. The van der Waals surface area contributed by atoms with Gasteiger partial charge in [0.2, 0.25) is 5.91 Å². The van der Waals surface area contributed by atoms with E-state index in [0.717, 1.165) is 16.0 Å². The summed E-state index contributed by atoms with van der Waals surface area (Å²) in [5.74, 6) is -2.46. The molecule has 3 heterocycles. The topological polar surface area (TPSA) is 79.0 Å². The van der Waals surface area contributed by atoms with Crippen molar-refractivity contribution in [2.75, 3.05) is 13.1 Å². The molecule has 0 spiro atoms. The van der Waals surface area contributed by atoms with E-state index in [-0.39, 0.29) is 36.3 Å². The number of hydrogen-bond acceptors (Lipinski definition) is 5. The van der Waals surface area contributed by atoms with Crippen LogP contribution in [0.25, 0.3) is 0 Å². The van der Waals surface area contributed by atoms with Crippen LogP contribution in [-0.2, 0) is 17.9 Å². The van der Waals surface area contributed by atoms with Crippen LogP contribution in [-0.4, -0.2) is 52.8 Å². The number of carbonyl (C=O) groups excluding carboxylic acids is 3. The third-order valence-corrected chi connectivity index (χ3v) is 7.42. The van der Waals surface area contributed by atoms with Crippen molar-refractivity contribution >= 4 is 17.7 Å². The molecule has 1 N–H and O–H groups in total. The van der Waals surface area contributed by atoms with Gasteiger partial charge in [0.15, 0.2) is 0 Å². The number of carbonyl (C=O) groups is 3. The number of alkyl halides is 3. The highest BCUT2D eigenvalue weighted by atomic mass is 19.4. The van der Waals surface area contributed by atoms with Crippen LogP contribution in [0, 0.1) is 5.92 Å². The fourth-order valence-electron chi connectivity index (χ4n) is 5.26. The van der Waals surface area contributed by atoms with Gasteiger partial charge in [-0.1, -0.05) is 36.9 Å². The molecule has 0 aromatic heterocycles. The van der Waals surface area contributed by atoms with Crippen LogP contribution in [0.2, 0.25) is 0 Å². The summed E-state index contributed by atoms with van der Waals surface area (Å²) < 4.78 is 44.6. The summed E-state index contributed by atoms with van der Waals surface area (Å²) in [6.45, 7) is 5.29. The Morgan fingerprint density at radius 1 is 0.947 bits per heavy atom. The fraction of sp³-hybridized carbons (Fsp3) is 0.393. The number of ether oxygens (including phenoxy) is 1. The van der Waals surface area contributed by atoms with Crippen molar-refractivity contribution in [2.45, 2.75) is 51.1 Å². The van der Waals surface area contributed by atoms with Gasteiger partial charge in [-0.05, 0) is 62.0 Å². The SMILES string of the molecule is C=C1CCC(N2C(=O)c3cccc(OCc4ccc(CN5CCC(C(F)(F)F)CC5)cc4)c3C2=O)C(=O)N1. The average Bonchev–Trinajstić information content (AvgIpc) is 3.14. The summed E-state index contributed by atoms with van der Waals surface area (Å²) in [4.78, 5) is 41.7. The summed E-state index contributed by atoms with van der Waals surface area (Å²) in [5.41, 5.74) is 2.73. The summed E-state index contributed by atoms with van der Waals surface area (Å²) in [6.07, 6.45) is -3.08. The van der Waals surface area contributed by atoms with Gasteiger partial charge in [-0.25, -0.2) is 0 Å². The molecule has 200 valence electrons. The molecule has 1 unspecified atom stereocenters. The summed E-state index contributed by atoms with van der Waals surface area (Å²) >= 11 is 0. The van der Waals surface area contributed by atoms with Crippen LogP contribution in [0.4, 0.5) is 13.2 Å². The molecule has 7 nitrogen and oxygen atoms in total. The maximum absolute atomic E-state index is 13.2. The van der Waals surface area contributed by atoms with Gasteiger partial charge in [0, 0.05) is 12.2 Å². The summed E-state index contributed by atoms with van der Waals surface area (Å²) in [6, 6.07) is 11.5. The van der Waals surface area contributed by atoms with Gasteiger partial charge in [-0.15, -0.1) is 0 Å². The van der Waals surface area contributed by atoms with Crippen molar-refractivity contribution in [2.24, 2.45) is 5.92 Å². The first-order valence-electron chi connectivity index (χ1n) is 12.6. The minimum Gasteiger partial charge on any atom is -0.488 e. The number of likely N-dealkylation sites (tertiary alicyclic amines) is 1. The van der Waals surface area contributed by atoms with E-state index < -0.39 is 35.9 Å². The first-order valence-corrected chi connectivity index (χ1v) is 12.6. The zero-order chi connectivity index (χ0) is 27.0. The molecule has 3 aliphatic rings. The van der Waals surface area contributed by atoms with Crippen molar-refractivity contribution in [3.8, 4) is 5.75 Å². The highest BCUT2D eigenvalue weighted by molar-refractivity contribution is 6.24. The number of benzene rings is 2. The largest absolute Gasteiger partial charge is 0.488 e. The lowest BCUT2D eigenvalue weighted by molar-refractivity contribution is -0.185. The molecule has 2 saturated heterocycles. The Morgan fingerprint density at radius 2 is 1.63 bits per heavy atom. The number of imide groups is 1. The normalized spacial score (nSPS) is 21.0. The quantitative estimate of drug-likeness (QED) is 0.563. The van der Waals surface area contributed by atoms with Gasteiger partial charge in [0.05, 0.1) is 17.0 Å². The van der Waals surface area contributed by atoms with Gasteiger partial charge in [0.1, 0.15) is 18.4 Å². The average molecular weight is 528 g/mol. The van der Waals surface area contributed by atoms with Gasteiger partial charge in [0.25, 0.3) is 11.8 Å². The second kappa shape index (κ2) is 10.2. The monoisotopic (exact) mass is 527 g/mol. The third-order valence-electron chi connectivity index (χ3n) is 7.42. The number of halogens is 3. The van der Waals surface area contributed by atoms with Crippen molar-refractivity contribution in [3.05, 3.63) is 77.0 Å². The predicted molar refractivity (Wildman–Crippen MR) is 132 cm³/mol. The predicted octanol–water partition coefficient (Wildman–Crippen LogP) is 4.43. The molecular formula is C28H28F3N3O4. The second-order valence-electron chi connectivity index (χ2n) is 10.0. The molecular weight excluding hydrogens is 499 g/mol. The minimum absolute atomic E-state index is 0.121.